The fourth-order valence-corrected chi connectivity index (χ4v) is 2.43. The maximum absolute atomic E-state index is 12.7. The van der Waals surface area contributed by atoms with Crippen LogP contribution in [0.1, 0.15) is 15.9 Å². The molecule has 0 spiro atoms. The number of carbonyl (C=O) groups is 1. The van der Waals surface area contributed by atoms with E-state index in [1.165, 1.54) is 0 Å². The summed E-state index contributed by atoms with van der Waals surface area (Å²) in [5, 5.41) is 0. The Labute approximate surface area is 123 Å². The van der Waals surface area contributed by atoms with Crippen molar-refractivity contribution in [1.82, 2.24) is 0 Å². The average Bonchev–Trinajstić information content (AvgIpc) is 2.53. The molecule has 108 valence electrons. The minimum Gasteiger partial charge on any atom is -0.497 e. The van der Waals surface area contributed by atoms with Crippen molar-refractivity contribution in [1.29, 1.82) is 0 Å². The molecule has 2 aromatic rings. The highest BCUT2D eigenvalue weighted by Crippen LogP contribution is 2.33. The smallest absolute Gasteiger partial charge is 0.258 e. The van der Waals surface area contributed by atoms with Gasteiger partial charge in [0, 0.05) is 5.56 Å². The van der Waals surface area contributed by atoms with Crippen LogP contribution in [-0.4, -0.2) is 26.2 Å². The summed E-state index contributed by atoms with van der Waals surface area (Å²) in [6, 6.07) is 13.0. The summed E-state index contributed by atoms with van der Waals surface area (Å²) in [7, 11) is 1.61. The number of nitrogens with zero attached hydrogens (tertiary/aromatic N) is 1. The Morgan fingerprint density at radius 1 is 1.19 bits per heavy atom. The number of fused-ring (bicyclic) bond motifs is 1. The second kappa shape index (κ2) is 5.48. The van der Waals surface area contributed by atoms with E-state index in [0.29, 0.717) is 18.7 Å². The maximum Gasteiger partial charge on any atom is 0.258 e. The van der Waals surface area contributed by atoms with Crippen LogP contribution in [0.15, 0.2) is 42.5 Å². The molecule has 0 bridgehead atoms. The van der Waals surface area contributed by atoms with Gasteiger partial charge in [0.25, 0.3) is 5.91 Å². The molecule has 1 heterocycles. The zero-order chi connectivity index (χ0) is 14.8. The Kier molecular flexibility index (Phi) is 3.52. The third-order valence-corrected chi connectivity index (χ3v) is 3.56. The monoisotopic (exact) mass is 283 g/mol. The average molecular weight is 283 g/mol. The Morgan fingerprint density at radius 2 is 1.95 bits per heavy atom. The van der Waals surface area contributed by atoms with E-state index in [4.69, 9.17) is 9.47 Å². The molecule has 1 aliphatic rings. The van der Waals surface area contributed by atoms with Gasteiger partial charge in [-0.1, -0.05) is 6.07 Å². The third kappa shape index (κ3) is 2.57. The predicted octanol–water partition coefficient (Wildman–Crippen LogP) is 3.04. The standard InChI is InChI=1S/C17H17NO3/c1-12-3-8-15-16(11-12)21-10-9-18(15)17(19)13-4-6-14(20-2)7-5-13/h3-8,11H,9-10H2,1-2H3. The molecule has 2 aromatic carbocycles. The lowest BCUT2D eigenvalue weighted by atomic mass is 10.1. The minimum atomic E-state index is -0.0222. The number of benzene rings is 2. The number of rotatable bonds is 2. The fourth-order valence-electron chi connectivity index (χ4n) is 2.43. The van der Waals surface area contributed by atoms with Crippen LogP contribution in [0, 0.1) is 6.92 Å². The number of ether oxygens (including phenoxy) is 2. The molecule has 0 saturated heterocycles. The predicted molar refractivity (Wildman–Crippen MR) is 81.3 cm³/mol. The number of aryl methyl sites for hydroxylation is 1. The second-order valence-electron chi connectivity index (χ2n) is 5.00. The molecule has 0 radical (unpaired) electrons. The van der Waals surface area contributed by atoms with E-state index < -0.39 is 0 Å². The van der Waals surface area contributed by atoms with E-state index in [1.54, 1.807) is 36.3 Å². The molecule has 0 N–H and O–H groups in total. The van der Waals surface area contributed by atoms with E-state index in [2.05, 4.69) is 0 Å². The highest BCUT2D eigenvalue weighted by Gasteiger charge is 2.24. The van der Waals surface area contributed by atoms with Crippen LogP contribution in [0.5, 0.6) is 11.5 Å². The van der Waals surface area contributed by atoms with Crippen molar-refractivity contribution < 1.29 is 14.3 Å². The number of amides is 1. The van der Waals surface area contributed by atoms with Crippen molar-refractivity contribution in [2.45, 2.75) is 6.92 Å². The van der Waals surface area contributed by atoms with Gasteiger partial charge in [-0.3, -0.25) is 4.79 Å². The first-order valence-electron chi connectivity index (χ1n) is 6.88. The first-order chi connectivity index (χ1) is 10.2. The van der Waals surface area contributed by atoms with E-state index in [1.807, 2.05) is 25.1 Å². The largest absolute Gasteiger partial charge is 0.497 e. The van der Waals surface area contributed by atoms with Gasteiger partial charge in [-0.05, 0) is 48.9 Å². The van der Waals surface area contributed by atoms with Gasteiger partial charge in [0.1, 0.15) is 18.1 Å². The molecule has 1 amide bonds. The lowest BCUT2D eigenvalue weighted by Gasteiger charge is -2.29. The van der Waals surface area contributed by atoms with Gasteiger partial charge in [-0.2, -0.15) is 0 Å². The van der Waals surface area contributed by atoms with Crippen molar-refractivity contribution in [3.05, 3.63) is 53.6 Å². The summed E-state index contributed by atoms with van der Waals surface area (Å²) < 4.78 is 10.8. The van der Waals surface area contributed by atoms with Crippen LogP contribution in [0.25, 0.3) is 0 Å². The van der Waals surface area contributed by atoms with Gasteiger partial charge in [0.15, 0.2) is 0 Å². The van der Waals surface area contributed by atoms with Crippen molar-refractivity contribution >= 4 is 11.6 Å². The van der Waals surface area contributed by atoms with Crippen LogP contribution in [0.3, 0.4) is 0 Å². The molecule has 4 heteroatoms. The number of hydrogen-bond donors (Lipinski definition) is 0. The van der Waals surface area contributed by atoms with Gasteiger partial charge < -0.3 is 14.4 Å². The normalized spacial score (nSPS) is 13.3. The molecule has 0 aromatic heterocycles. The van der Waals surface area contributed by atoms with Crippen LogP contribution in [0.2, 0.25) is 0 Å². The molecular formula is C17H17NO3. The van der Waals surface area contributed by atoms with Crippen LogP contribution >= 0.6 is 0 Å². The highest BCUT2D eigenvalue weighted by molar-refractivity contribution is 6.07. The zero-order valence-electron chi connectivity index (χ0n) is 12.1. The third-order valence-electron chi connectivity index (χ3n) is 3.56. The number of hydrogen-bond acceptors (Lipinski definition) is 3. The summed E-state index contributed by atoms with van der Waals surface area (Å²) in [6.45, 7) is 3.08. The Balaban J connectivity index is 1.92. The second-order valence-corrected chi connectivity index (χ2v) is 5.00. The van der Waals surface area contributed by atoms with E-state index >= 15 is 0 Å². The number of anilines is 1. The molecular weight excluding hydrogens is 266 g/mol. The minimum absolute atomic E-state index is 0.0222. The Morgan fingerprint density at radius 3 is 2.67 bits per heavy atom. The number of carbonyl (C=O) groups excluding carboxylic acids is 1. The quantitative estimate of drug-likeness (QED) is 0.850. The zero-order valence-corrected chi connectivity index (χ0v) is 12.1. The number of methoxy groups -OCH3 is 1. The Bertz CT molecular complexity index is 664. The van der Waals surface area contributed by atoms with Crippen molar-refractivity contribution in [2.75, 3.05) is 25.2 Å². The van der Waals surface area contributed by atoms with Gasteiger partial charge >= 0.3 is 0 Å². The van der Waals surface area contributed by atoms with Gasteiger partial charge in [-0.25, -0.2) is 0 Å². The molecule has 1 aliphatic heterocycles. The lowest BCUT2D eigenvalue weighted by molar-refractivity contribution is 0.0976. The summed E-state index contributed by atoms with van der Waals surface area (Å²) in [5.41, 5.74) is 2.59. The topological polar surface area (TPSA) is 38.8 Å². The van der Waals surface area contributed by atoms with Gasteiger partial charge in [0.05, 0.1) is 19.3 Å². The van der Waals surface area contributed by atoms with Crippen molar-refractivity contribution in [3.8, 4) is 11.5 Å². The van der Waals surface area contributed by atoms with Crippen molar-refractivity contribution in [2.24, 2.45) is 0 Å². The van der Waals surface area contributed by atoms with Gasteiger partial charge in [-0.15, -0.1) is 0 Å². The van der Waals surface area contributed by atoms with Crippen LogP contribution in [-0.2, 0) is 0 Å². The van der Waals surface area contributed by atoms with Crippen LogP contribution in [0.4, 0.5) is 5.69 Å². The molecule has 4 nitrogen and oxygen atoms in total. The van der Waals surface area contributed by atoms with E-state index in [0.717, 1.165) is 22.7 Å². The highest BCUT2D eigenvalue weighted by atomic mass is 16.5. The summed E-state index contributed by atoms with van der Waals surface area (Å²) in [4.78, 5) is 14.4. The summed E-state index contributed by atoms with van der Waals surface area (Å²) in [5.74, 6) is 1.48. The fraction of sp³-hybridized carbons (Fsp3) is 0.235. The van der Waals surface area contributed by atoms with E-state index in [9.17, 15) is 4.79 Å². The first kappa shape index (κ1) is 13.5. The SMILES string of the molecule is COc1ccc(C(=O)N2CCOc3cc(C)ccc32)cc1. The molecule has 0 aliphatic carbocycles. The van der Waals surface area contributed by atoms with Gasteiger partial charge in [0.2, 0.25) is 0 Å². The summed E-state index contributed by atoms with van der Waals surface area (Å²) in [6.07, 6.45) is 0. The van der Waals surface area contributed by atoms with Crippen LogP contribution < -0.4 is 14.4 Å². The molecule has 3 rings (SSSR count). The summed E-state index contributed by atoms with van der Waals surface area (Å²) >= 11 is 0. The van der Waals surface area contributed by atoms with E-state index in [-0.39, 0.29) is 5.91 Å². The maximum atomic E-state index is 12.7. The van der Waals surface area contributed by atoms with Crippen molar-refractivity contribution in [3.63, 3.8) is 0 Å². The molecule has 21 heavy (non-hydrogen) atoms. The molecule has 0 saturated carbocycles. The Hall–Kier alpha value is -2.49. The first-order valence-corrected chi connectivity index (χ1v) is 6.88. The lowest BCUT2D eigenvalue weighted by Crippen LogP contribution is -2.37. The molecule has 0 atom stereocenters. The molecule has 0 fully saturated rings. The molecule has 0 unspecified atom stereocenters.